The highest BCUT2D eigenvalue weighted by Gasteiger charge is 2.13. The monoisotopic (exact) mass is 498 g/mol. The second-order valence-electron chi connectivity index (χ2n) is 7.86. The second-order valence-corrected chi connectivity index (χ2v) is 7.86. The van der Waals surface area contributed by atoms with E-state index in [4.69, 9.17) is 4.74 Å². The molecule has 4 aromatic carbocycles. The quantitative estimate of drug-likeness (QED) is 0.251. The lowest BCUT2D eigenvalue weighted by Crippen LogP contribution is -2.19. The van der Waals surface area contributed by atoms with Crippen molar-refractivity contribution in [3.8, 4) is 5.75 Å². The molecule has 4 rings (SSSR count). The second kappa shape index (κ2) is 11.5. The van der Waals surface area contributed by atoms with Crippen LogP contribution in [0.2, 0.25) is 0 Å². The highest BCUT2D eigenvalue weighted by Crippen LogP contribution is 2.29. The molecule has 0 saturated carbocycles. The summed E-state index contributed by atoms with van der Waals surface area (Å²) in [6, 6.07) is 25.0. The number of urea groups is 1. The van der Waals surface area contributed by atoms with Crippen LogP contribution >= 0.6 is 0 Å². The molecule has 0 unspecified atom stereocenters. The Kier molecular flexibility index (Phi) is 7.75. The number of nitrogens with one attached hydrogen (secondary N) is 4. The first-order valence-electron chi connectivity index (χ1n) is 11.2. The summed E-state index contributed by atoms with van der Waals surface area (Å²) < 4.78 is 18.8. The lowest BCUT2D eigenvalue weighted by molar-refractivity contribution is 0.101. The van der Waals surface area contributed by atoms with Gasteiger partial charge in [-0.1, -0.05) is 24.3 Å². The molecule has 8 nitrogen and oxygen atoms in total. The molecule has 0 atom stereocenters. The Morgan fingerprint density at radius 1 is 0.622 bits per heavy atom. The first kappa shape index (κ1) is 24.9. The lowest BCUT2D eigenvalue weighted by Gasteiger charge is -2.13. The smallest absolute Gasteiger partial charge is 0.323 e. The number of hydrogen-bond acceptors (Lipinski definition) is 4. The van der Waals surface area contributed by atoms with E-state index in [2.05, 4.69) is 21.3 Å². The number of ether oxygens (including phenoxy) is 1. The number of amides is 4. The average Bonchev–Trinajstić information content (AvgIpc) is 2.90. The van der Waals surface area contributed by atoms with E-state index in [1.165, 1.54) is 31.4 Å². The van der Waals surface area contributed by atoms with Crippen molar-refractivity contribution in [3.63, 3.8) is 0 Å². The van der Waals surface area contributed by atoms with Gasteiger partial charge in [-0.25, -0.2) is 9.18 Å². The Morgan fingerprint density at radius 3 is 1.95 bits per heavy atom. The first-order valence-corrected chi connectivity index (χ1v) is 11.2. The summed E-state index contributed by atoms with van der Waals surface area (Å²) in [4.78, 5) is 37.5. The van der Waals surface area contributed by atoms with Crippen LogP contribution in [-0.2, 0) is 0 Å². The molecule has 0 aromatic heterocycles. The molecule has 0 bridgehead atoms. The normalized spacial score (nSPS) is 10.2. The molecule has 4 amide bonds. The van der Waals surface area contributed by atoms with Crippen LogP contribution in [0.5, 0.6) is 5.75 Å². The minimum absolute atomic E-state index is 0.141. The van der Waals surface area contributed by atoms with E-state index in [1.807, 2.05) is 18.2 Å². The zero-order valence-corrected chi connectivity index (χ0v) is 19.7. The number of halogens is 1. The molecule has 0 spiro atoms. The molecule has 186 valence electrons. The number of methoxy groups -OCH3 is 1. The first-order chi connectivity index (χ1) is 17.9. The number of carbonyl (C=O) groups excluding carboxylic acids is 3. The molecule has 4 aromatic rings. The van der Waals surface area contributed by atoms with E-state index in [0.29, 0.717) is 34.1 Å². The van der Waals surface area contributed by atoms with Gasteiger partial charge in [0.2, 0.25) is 0 Å². The van der Waals surface area contributed by atoms with Gasteiger partial charge in [0, 0.05) is 28.2 Å². The summed E-state index contributed by atoms with van der Waals surface area (Å²) in [5.74, 6) is -1.08. The molecule has 0 radical (unpaired) electrons. The molecule has 37 heavy (non-hydrogen) atoms. The number of rotatable bonds is 7. The average molecular weight is 499 g/mol. The minimum atomic E-state index is -0.529. The molecule has 0 aliphatic heterocycles. The molecule has 0 fully saturated rings. The third kappa shape index (κ3) is 6.70. The zero-order chi connectivity index (χ0) is 26.2. The molecule has 0 saturated heterocycles. The van der Waals surface area contributed by atoms with E-state index in [0.717, 1.165) is 6.07 Å². The number of para-hydroxylation sites is 1. The Bertz CT molecular complexity index is 1430. The van der Waals surface area contributed by atoms with Gasteiger partial charge in [0.25, 0.3) is 11.8 Å². The van der Waals surface area contributed by atoms with Crippen molar-refractivity contribution < 1.29 is 23.5 Å². The molecule has 4 N–H and O–H groups in total. The third-order valence-electron chi connectivity index (χ3n) is 5.23. The number of carbonyl (C=O) groups is 3. The summed E-state index contributed by atoms with van der Waals surface area (Å²) in [6.45, 7) is 0. The van der Waals surface area contributed by atoms with Crippen molar-refractivity contribution in [2.24, 2.45) is 0 Å². The van der Waals surface area contributed by atoms with E-state index in [9.17, 15) is 18.8 Å². The Labute approximate surface area is 212 Å². The van der Waals surface area contributed by atoms with E-state index < -0.39 is 23.7 Å². The van der Waals surface area contributed by atoms with E-state index in [-0.39, 0.29) is 5.56 Å². The van der Waals surface area contributed by atoms with Gasteiger partial charge in [-0.05, 0) is 72.8 Å². The predicted octanol–water partition coefficient (Wildman–Crippen LogP) is 5.98. The SMILES string of the molecule is COc1ccc(NC(=O)c2ccc(NC(=O)Nc3ccccc3)cc2)cc1NC(=O)c1cccc(F)c1. The summed E-state index contributed by atoms with van der Waals surface area (Å²) in [6.07, 6.45) is 0. The van der Waals surface area contributed by atoms with Gasteiger partial charge in [0.15, 0.2) is 0 Å². The fraction of sp³-hybridized carbons (Fsp3) is 0.0357. The number of benzene rings is 4. The van der Waals surface area contributed by atoms with Crippen LogP contribution in [0.4, 0.5) is 31.9 Å². The highest BCUT2D eigenvalue weighted by molar-refractivity contribution is 6.07. The van der Waals surface area contributed by atoms with Gasteiger partial charge in [0.05, 0.1) is 12.8 Å². The highest BCUT2D eigenvalue weighted by atomic mass is 19.1. The van der Waals surface area contributed by atoms with Crippen LogP contribution < -0.4 is 26.0 Å². The standard InChI is InChI=1S/C28H23FN4O4/c1-37-25-15-14-23(17-24(25)33-27(35)19-6-5-7-20(29)16-19)30-26(34)18-10-12-22(13-11-18)32-28(36)31-21-8-3-2-4-9-21/h2-17H,1H3,(H,30,34)(H,33,35)(H2,31,32,36). The topological polar surface area (TPSA) is 109 Å². The zero-order valence-electron chi connectivity index (χ0n) is 19.7. The summed E-state index contributed by atoms with van der Waals surface area (Å²) >= 11 is 0. The Balaban J connectivity index is 1.40. The van der Waals surface area contributed by atoms with Crippen LogP contribution in [0.25, 0.3) is 0 Å². The van der Waals surface area contributed by atoms with E-state index in [1.54, 1.807) is 48.5 Å². The number of hydrogen-bond donors (Lipinski definition) is 4. The molecule has 0 aliphatic carbocycles. The summed E-state index contributed by atoms with van der Waals surface area (Å²) in [5, 5.41) is 10.8. The van der Waals surface area contributed by atoms with Gasteiger partial charge < -0.3 is 26.0 Å². The van der Waals surface area contributed by atoms with Crippen LogP contribution in [-0.4, -0.2) is 25.0 Å². The maximum Gasteiger partial charge on any atom is 0.323 e. The maximum absolute atomic E-state index is 13.5. The molecule has 0 heterocycles. The van der Waals surface area contributed by atoms with Crippen LogP contribution in [0, 0.1) is 5.82 Å². The van der Waals surface area contributed by atoms with Crippen LogP contribution in [0.3, 0.4) is 0 Å². The van der Waals surface area contributed by atoms with Gasteiger partial charge in [-0.3, -0.25) is 9.59 Å². The molecular weight excluding hydrogens is 475 g/mol. The third-order valence-corrected chi connectivity index (χ3v) is 5.23. The molecule has 9 heteroatoms. The van der Waals surface area contributed by atoms with Gasteiger partial charge in [-0.2, -0.15) is 0 Å². The van der Waals surface area contributed by atoms with Crippen LogP contribution in [0.15, 0.2) is 97.1 Å². The van der Waals surface area contributed by atoms with Crippen molar-refractivity contribution in [1.82, 2.24) is 0 Å². The Morgan fingerprint density at radius 2 is 1.27 bits per heavy atom. The number of anilines is 4. The van der Waals surface area contributed by atoms with Gasteiger partial charge >= 0.3 is 6.03 Å². The van der Waals surface area contributed by atoms with Crippen molar-refractivity contribution in [2.45, 2.75) is 0 Å². The molecular formula is C28H23FN4O4. The summed E-state index contributed by atoms with van der Waals surface area (Å²) in [7, 11) is 1.45. The molecule has 0 aliphatic rings. The van der Waals surface area contributed by atoms with Crippen molar-refractivity contribution in [2.75, 3.05) is 28.4 Å². The fourth-order valence-electron chi connectivity index (χ4n) is 3.43. The van der Waals surface area contributed by atoms with Crippen molar-refractivity contribution >= 4 is 40.6 Å². The van der Waals surface area contributed by atoms with Crippen LogP contribution in [0.1, 0.15) is 20.7 Å². The van der Waals surface area contributed by atoms with Gasteiger partial charge in [0.1, 0.15) is 11.6 Å². The maximum atomic E-state index is 13.5. The van der Waals surface area contributed by atoms with Crippen molar-refractivity contribution in [3.05, 3.63) is 114 Å². The minimum Gasteiger partial charge on any atom is -0.495 e. The van der Waals surface area contributed by atoms with Crippen molar-refractivity contribution in [1.29, 1.82) is 0 Å². The lowest BCUT2D eigenvalue weighted by atomic mass is 10.1. The van der Waals surface area contributed by atoms with Gasteiger partial charge in [-0.15, -0.1) is 0 Å². The predicted molar refractivity (Wildman–Crippen MR) is 141 cm³/mol. The Hall–Kier alpha value is -5.18. The summed E-state index contributed by atoms with van der Waals surface area (Å²) in [5.41, 5.74) is 2.37. The van der Waals surface area contributed by atoms with E-state index >= 15 is 0 Å². The fourth-order valence-corrected chi connectivity index (χ4v) is 3.43. The largest absolute Gasteiger partial charge is 0.495 e.